The van der Waals surface area contributed by atoms with E-state index in [4.69, 9.17) is 21.1 Å². The molecule has 0 aromatic heterocycles. The minimum absolute atomic E-state index is 0.119. The van der Waals surface area contributed by atoms with Gasteiger partial charge in [-0.2, -0.15) is 0 Å². The molecule has 0 spiro atoms. The molecule has 0 unspecified atom stereocenters. The van der Waals surface area contributed by atoms with Crippen LogP contribution in [0, 0.1) is 0 Å². The Morgan fingerprint density at radius 2 is 1.61 bits per heavy atom. The van der Waals surface area contributed by atoms with E-state index >= 15 is 0 Å². The highest BCUT2D eigenvalue weighted by Gasteiger charge is 2.15. The highest BCUT2D eigenvalue weighted by Crippen LogP contribution is 2.28. The minimum atomic E-state index is -0.119. The van der Waals surface area contributed by atoms with Crippen LogP contribution in [0.2, 0.25) is 5.02 Å². The number of halogens is 1. The minimum Gasteiger partial charge on any atom is -0.493 e. The molecule has 2 aromatic carbocycles. The van der Waals surface area contributed by atoms with E-state index in [9.17, 15) is 4.79 Å². The molecule has 0 aliphatic rings. The fourth-order valence-corrected chi connectivity index (χ4v) is 2.79. The Kier molecular flexibility index (Phi) is 8.42. The third-order valence-electron chi connectivity index (χ3n) is 4.28. The summed E-state index contributed by atoms with van der Waals surface area (Å²) in [4.78, 5) is 16.6. The Balaban J connectivity index is 2.07. The molecule has 0 aliphatic heterocycles. The summed E-state index contributed by atoms with van der Waals surface area (Å²) in [5.74, 6) is 1.31. The molecule has 2 rings (SSSR count). The molecular formula is C21H28ClN3O3. The van der Waals surface area contributed by atoms with Gasteiger partial charge in [0.15, 0.2) is 11.5 Å². The maximum Gasteiger partial charge on any atom is 0.318 e. The van der Waals surface area contributed by atoms with Crippen LogP contribution in [-0.4, -0.2) is 57.2 Å². The molecule has 2 amide bonds. The molecular weight excluding hydrogens is 378 g/mol. The SMILES string of the molecule is COc1ccc(CN(CCN(C)C)C(=O)NCc2ccc(Cl)cc2)cc1OC. The normalized spacial score (nSPS) is 10.6. The molecule has 0 bridgehead atoms. The lowest BCUT2D eigenvalue weighted by Gasteiger charge is -2.25. The maximum atomic E-state index is 12.8. The molecule has 0 fully saturated rings. The number of benzene rings is 2. The zero-order valence-electron chi connectivity index (χ0n) is 16.9. The monoisotopic (exact) mass is 405 g/mol. The van der Waals surface area contributed by atoms with Gasteiger partial charge < -0.3 is 24.6 Å². The average molecular weight is 406 g/mol. The number of carbonyl (C=O) groups is 1. The number of urea groups is 1. The van der Waals surface area contributed by atoms with Gasteiger partial charge in [-0.15, -0.1) is 0 Å². The Bertz CT molecular complexity index is 766. The van der Waals surface area contributed by atoms with Gasteiger partial charge in [-0.25, -0.2) is 4.79 Å². The molecule has 0 heterocycles. The van der Waals surface area contributed by atoms with Crippen LogP contribution in [0.15, 0.2) is 42.5 Å². The van der Waals surface area contributed by atoms with Gasteiger partial charge in [0.2, 0.25) is 0 Å². The van der Waals surface area contributed by atoms with Gasteiger partial charge in [0.05, 0.1) is 14.2 Å². The van der Waals surface area contributed by atoms with E-state index < -0.39 is 0 Å². The fourth-order valence-electron chi connectivity index (χ4n) is 2.66. The smallest absolute Gasteiger partial charge is 0.318 e. The highest BCUT2D eigenvalue weighted by molar-refractivity contribution is 6.30. The van der Waals surface area contributed by atoms with Crippen LogP contribution in [0.3, 0.4) is 0 Å². The van der Waals surface area contributed by atoms with Crippen molar-refractivity contribution in [1.29, 1.82) is 0 Å². The predicted octanol–water partition coefficient (Wildman–Crippen LogP) is 3.63. The number of nitrogens with zero attached hydrogens (tertiary/aromatic N) is 2. The molecule has 0 radical (unpaired) electrons. The van der Waals surface area contributed by atoms with Gasteiger partial charge in [0, 0.05) is 31.2 Å². The van der Waals surface area contributed by atoms with Gasteiger partial charge in [-0.3, -0.25) is 0 Å². The second kappa shape index (κ2) is 10.8. The van der Waals surface area contributed by atoms with E-state index in [0.717, 1.165) is 17.7 Å². The van der Waals surface area contributed by atoms with Crippen molar-refractivity contribution in [3.05, 3.63) is 58.6 Å². The number of methoxy groups -OCH3 is 2. The topological polar surface area (TPSA) is 54.0 Å². The summed E-state index contributed by atoms with van der Waals surface area (Å²) < 4.78 is 10.7. The van der Waals surface area contributed by atoms with E-state index in [2.05, 4.69) is 5.32 Å². The first-order valence-corrected chi connectivity index (χ1v) is 9.43. The van der Waals surface area contributed by atoms with Crippen molar-refractivity contribution in [2.24, 2.45) is 0 Å². The fraction of sp³-hybridized carbons (Fsp3) is 0.381. The van der Waals surface area contributed by atoms with Crippen molar-refractivity contribution in [3.63, 3.8) is 0 Å². The van der Waals surface area contributed by atoms with E-state index in [1.807, 2.05) is 61.5 Å². The first-order valence-electron chi connectivity index (χ1n) is 9.05. The van der Waals surface area contributed by atoms with Crippen molar-refractivity contribution < 1.29 is 14.3 Å². The lowest BCUT2D eigenvalue weighted by molar-refractivity contribution is 0.188. The summed E-state index contributed by atoms with van der Waals surface area (Å²) in [6.07, 6.45) is 0. The molecule has 2 aromatic rings. The number of nitrogens with one attached hydrogen (secondary N) is 1. The van der Waals surface area contributed by atoms with Crippen molar-refractivity contribution in [2.45, 2.75) is 13.1 Å². The number of hydrogen-bond donors (Lipinski definition) is 1. The summed E-state index contributed by atoms with van der Waals surface area (Å²) in [7, 11) is 7.18. The van der Waals surface area contributed by atoms with Gasteiger partial charge in [0.1, 0.15) is 0 Å². The molecule has 0 saturated carbocycles. The Morgan fingerprint density at radius 3 is 2.21 bits per heavy atom. The molecule has 0 aliphatic carbocycles. The lowest BCUT2D eigenvalue weighted by atomic mass is 10.2. The summed E-state index contributed by atoms with van der Waals surface area (Å²) in [5, 5.41) is 3.66. The van der Waals surface area contributed by atoms with Gasteiger partial charge >= 0.3 is 6.03 Å². The molecule has 6 nitrogen and oxygen atoms in total. The van der Waals surface area contributed by atoms with E-state index in [-0.39, 0.29) is 6.03 Å². The van der Waals surface area contributed by atoms with Crippen molar-refractivity contribution >= 4 is 17.6 Å². The number of likely N-dealkylation sites (N-methyl/N-ethyl adjacent to an activating group) is 1. The third-order valence-corrected chi connectivity index (χ3v) is 4.53. The molecule has 28 heavy (non-hydrogen) atoms. The summed E-state index contributed by atoms with van der Waals surface area (Å²) in [5.41, 5.74) is 1.97. The Labute approximate surface area is 172 Å². The standard InChI is InChI=1S/C21H28ClN3O3/c1-24(2)11-12-25(15-17-7-10-19(27-3)20(13-17)28-4)21(26)23-14-16-5-8-18(22)9-6-16/h5-10,13H,11-12,14-15H2,1-4H3,(H,23,26). The largest absolute Gasteiger partial charge is 0.493 e. The zero-order valence-corrected chi connectivity index (χ0v) is 17.6. The average Bonchev–Trinajstić information content (AvgIpc) is 2.70. The first kappa shape index (κ1) is 21.9. The predicted molar refractivity (Wildman–Crippen MR) is 112 cm³/mol. The quantitative estimate of drug-likeness (QED) is 0.692. The van der Waals surface area contributed by atoms with Crippen molar-refractivity contribution in [3.8, 4) is 11.5 Å². The second-order valence-electron chi connectivity index (χ2n) is 6.70. The summed E-state index contributed by atoms with van der Waals surface area (Å²) in [6, 6.07) is 13.0. The van der Waals surface area contributed by atoms with Crippen molar-refractivity contribution in [1.82, 2.24) is 15.1 Å². The Hall–Kier alpha value is -2.44. The number of amides is 2. The second-order valence-corrected chi connectivity index (χ2v) is 7.14. The Morgan fingerprint density at radius 1 is 0.964 bits per heavy atom. The maximum absolute atomic E-state index is 12.8. The first-order chi connectivity index (χ1) is 13.4. The summed E-state index contributed by atoms with van der Waals surface area (Å²) in [6.45, 7) is 2.29. The van der Waals surface area contributed by atoms with Crippen LogP contribution in [0.4, 0.5) is 4.79 Å². The van der Waals surface area contributed by atoms with Crippen LogP contribution in [0.5, 0.6) is 11.5 Å². The molecule has 7 heteroatoms. The van der Waals surface area contributed by atoms with Crippen LogP contribution >= 0.6 is 11.6 Å². The third kappa shape index (κ3) is 6.62. The van der Waals surface area contributed by atoms with E-state index in [1.165, 1.54) is 0 Å². The number of ether oxygens (including phenoxy) is 2. The van der Waals surface area contributed by atoms with Gasteiger partial charge in [0.25, 0.3) is 0 Å². The molecule has 0 saturated heterocycles. The number of hydrogen-bond acceptors (Lipinski definition) is 4. The molecule has 152 valence electrons. The van der Waals surface area contributed by atoms with Crippen molar-refractivity contribution in [2.75, 3.05) is 41.4 Å². The van der Waals surface area contributed by atoms with E-state index in [0.29, 0.717) is 36.2 Å². The molecule has 1 N–H and O–H groups in total. The highest BCUT2D eigenvalue weighted by atomic mass is 35.5. The van der Waals surface area contributed by atoms with Crippen LogP contribution in [0.1, 0.15) is 11.1 Å². The van der Waals surface area contributed by atoms with Crippen LogP contribution in [0.25, 0.3) is 0 Å². The number of rotatable bonds is 9. The van der Waals surface area contributed by atoms with E-state index in [1.54, 1.807) is 19.1 Å². The van der Waals surface area contributed by atoms with Gasteiger partial charge in [-0.05, 0) is 49.5 Å². The zero-order chi connectivity index (χ0) is 20.5. The number of carbonyl (C=O) groups excluding carboxylic acids is 1. The van der Waals surface area contributed by atoms with Gasteiger partial charge in [-0.1, -0.05) is 29.8 Å². The molecule has 0 atom stereocenters. The lowest BCUT2D eigenvalue weighted by Crippen LogP contribution is -2.42. The van der Waals surface area contributed by atoms with Crippen LogP contribution in [-0.2, 0) is 13.1 Å². The van der Waals surface area contributed by atoms with Crippen LogP contribution < -0.4 is 14.8 Å². The summed E-state index contributed by atoms with van der Waals surface area (Å²) >= 11 is 5.91.